The average molecular weight is 202 g/mol. The molecule has 0 aliphatic heterocycles. The number of hydrogen-bond donors (Lipinski definition) is 6. The van der Waals surface area contributed by atoms with E-state index in [1.54, 1.807) is 12.1 Å². The van der Waals surface area contributed by atoms with Gasteiger partial charge in [-0.25, -0.2) is 4.79 Å². The van der Waals surface area contributed by atoms with Crippen LogP contribution in [0, 0.1) is 0 Å². The zero-order valence-electron chi connectivity index (χ0n) is 7.42. The number of phenols is 1. The fourth-order valence-corrected chi connectivity index (χ4v) is 0.654. The van der Waals surface area contributed by atoms with Gasteiger partial charge >= 0.3 is 5.97 Å². The van der Waals surface area contributed by atoms with Crippen LogP contribution in [-0.4, -0.2) is 16.2 Å². The fraction of sp³-hybridized carbons (Fsp3) is 0. The maximum absolute atomic E-state index is 10.3. The van der Waals surface area contributed by atoms with Gasteiger partial charge in [-0.1, -0.05) is 12.1 Å². The minimum atomic E-state index is -1.11. The Balaban J connectivity index is 0. The van der Waals surface area contributed by atoms with E-state index in [0.29, 0.717) is 0 Å². The van der Waals surface area contributed by atoms with E-state index in [0.717, 1.165) is 0 Å². The van der Waals surface area contributed by atoms with Crippen molar-refractivity contribution < 1.29 is 15.0 Å². The minimum absolute atomic E-state index is 0.0671. The van der Waals surface area contributed by atoms with Crippen LogP contribution < -0.4 is 23.4 Å². The number of para-hydroxylation sites is 1. The lowest BCUT2D eigenvalue weighted by atomic mass is 10.2. The van der Waals surface area contributed by atoms with Crippen molar-refractivity contribution in [3.05, 3.63) is 29.8 Å². The predicted octanol–water partition coefficient (Wildman–Crippen LogP) is -1.27. The lowest BCUT2D eigenvalue weighted by Crippen LogP contribution is -2.02. The Hall–Kier alpha value is -1.67. The van der Waals surface area contributed by atoms with Crippen molar-refractivity contribution in [1.29, 1.82) is 0 Å². The molecule has 0 aliphatic rings. The summed E-state index contributed by atoms with van der Waals surface area (Å²) in [6, 6.07) is 5.81. The molecule has 14 heavy (non-hydrogen) atoms. The van der Waals surface area contributed by atoms with Gasteiger partial charge in [0.2, 0.25) is 0 Å². The molecule has 0 aliphatic carbocycles. The van der Waals surface area contributed by atoms with Crippen LogP contribution in [-0.2, 0) is 0 Å². The van der Waals surface area contributed by atoms with Gasteiger partial charge in [0.05, 0.1) is 0 Å². The Kier molecular flexibility index (Phi) is 9.98. The van der Waals surface area contributed by atoms with E-state index in [1.165, 1.54) is 12.1 Å². The zero-order chi connectivity index (χ0) is 11.6. The third kappa shape index (κ3) is 5.06. The molecule has 0 saturated heterocycles. The highest BCUT2D eigenvalue weighted by Gasteiger charge is 2.05. The van der Waals surface area contributed by atoms with Crippen molar-refractivity contribution in [3.63, 3.8) is 0 Å². The topological polar surface area (TPSA) is 162 Å². The second-order valence-electron chi connectivity index (χ2n) is 1.82. The van der Waals surface area contributed by atoms with Crippen LogP contribution in [0.2, 0.25) is 0 Å². The molecule has 1 rings (SSSR count). The number of rotatable bonds is 1. The van der Waals surface area contributed by atoms with Crippen molar-refractivity contribution in [2.24, 2.45) is 23.4 Å². The molecule has 0 fully saturated rings. The van der Waals surface area contributed by atoms with Gasteiger partial charge in [-0.2, -0.15) is 0 Å². The number of nitrogens with two attached hydrogens (primary N) is 4. The Bertz CT molecular complexity index is 267. The average Bonchev–Trinajstić information content (AvgIpc) is 2.24. The van der Waals surface area contributed by atoms with Crippen LogP contribution in [0.1, 0.15) is 10.4 Å². The van der Waals surface area contributed by atoms with Crippen molar-refractivity contribution in [2.45, 2.75) is 0 Å². The predicted molar refractivity (Wildman–Crippen MR) is 51.8 cm³/mol. The number of benzene rings is 1. The Morgan fingerprint density at radius 3 is 1.79 bits per heavy atom. The van der Waals surface area contributed by atoms with Crippen molar-refractivity contribution in [2.75, 3.05) is 0 Å². The molecule has 0 atom stereocenters. The number of hydrazine groups is 2. The molecule has 0 aromatic heterocycles. The number of aromatic hydroxyl groups is 1. The lowest BCUT2D eigenvalue weighted by molar-refractivity contribution is 0.0694. The summed E-state index contributed by atoms with van der Waals surface area (Å²) in [6.45, 7) is 0. The molecule has 0 spiro atoms. The Labute approximate surface area is 80.9 Å². The molecule has 0 saturated carbocycles. The van der Waals surface area contributed by atoms with Gasteiger partial charge in [0.1, 0.15) is 11.3 Å². The fourth-order valence-electron chi connectivity index (χ4n) is 0.654. The number of carbonyl (C=O) groups is 1. The smallest absolute Gasteiger partial charge is 0.339 e. The first-order valence-corrected chi connectivity index (χ1v) is 3.40. The molecule has 0 heterocycles. The van der Waals surface area contributed by atoms with E-state index in [9.17, 15) is 4.79 Å². The zero-order valence-corrected chi connectivity index (χ0v) is 7.42. The first-order chi connectivity index (χ1) is 6.72. The molecular weight excluding hydrogens is 188 g/mol. The van der Waals surface area contributed by atoms with Crippen LogP contribution >= 0.6 is 0 Å². The summed E-state index contributed by atoms with van der Waals surface area (Å²) in [5, 5.41) is 17.3. The SMILES string of the molecule is NN.NN.O=C(O)c1ccccc1O. The van der Waals surface area contributed by atoms with Crippen LogP contribution in [0.3, 0.4) is 0 Å². The molecular formula is C7H14N4O3. The van der Waals surface area contributed by atoms with Crippen LogP contribution in [0.5, 0.6) is 5.75 Å². The van der Waals surface area contributed by atoms with E-state index < -0.39 is 5.97 Å². The van der Waals surface area contributed by atoms with E-state index in [2.05, 4.69) is 23.4 Å². The molecule has 80 valence electrons. The van der Waals surface area contributed by atoms with Gasteiger partial charge in [0, 0.05) is 0 Å². The second kappa shape index (κ2) is 9.42. The summed E-state index contributed by atoms with van der Waals surface area (Å²) in [5.74, 6) is 14.7. The third-order valence-corrected chi connectivity index (χ3v) is 1.13. The quantitative estimate of drug-likeness (QED) is 0.244. The third-order valence-electron chi connectivity index (χ3n) is 1.13. The molecule has 7 nitrogen and oxygen atoms in total. The monoisotopic (exact) mass is 202 g/mol. The highest BCUT2D eigenvalue weighted by molar-refractivity contribution is 5.90. The Morgan fingerprint density at radius 2 is 1.50 bits per heavy atom. The first kappa shape index (κ1) is 14.8. The maximum atomic E-state index is 10.3. The van der Waals surface area contributed by atoms with Gasteiger partial charge in [-0.15, -0.1) is 0 Å². The van der Waals surface area contributed by atoms with Crippen molar-refractivity contribution in [1.82, 2.24) is 0 Å². The highest BCUT2D eigenvalue weighted by Crippen LogP contribution is 2.14. The molecule has 0 bridgehead atoms. The highest BCUT2D eigenvalue weighted by atomic mass is 16.4. The molecule has 10 N–H and O–H groups in total. The van der Waals surface area contributed by atoms with Gasteiger partial charge in [0.25, 0.3) is 0 Å². The number of carboxylic acids is 1. The largest absolute Gasteiger partial charge is 0.507 e. The van der Waals surface area contributed by atoms with Crippen LogP contribution in [0.25, 0.3) is 0 Å². The van der Waals surface area contributed by atoms with Crippen molar-refractivity contribution >= 4 is 5.97 Å². The molecule has 0 radical (unpaired) electrons. The van der Waals surface area contributed by atoms with E-state index in [-0.39, 0.29) is 11.3 Å². The Morgan fingerprint density at radius 1 is 1.07 bits per heavy atom. The van der Waals surface area contributed by atoms with Gasteiger partial charge in [0.15, 0.2) is 0 Å². The lowest BCUT2D eigenvalue weighted by Gasteiger charge is -1.95. The summed E-state index contributed by atoms with van der Waals surface area (Å²) >= 11 is 0. The molecule has 0 unspecified atom stereocenters. The summed E-state index contributed by atoms with van der Waals surface area (Å²) in [5.41, 5.74) is -0.0671. The van der Waals surface area contributed by atoms with E-state index in [4.69, 9.17) is 10.2 Å². The molecule has 0 amide bonds. The van der Waals surface area contributed by atoms with E-state index >= 15 is 0 Å². The summed E-state index contributed by atoms with van der Waals surface area (Å²) in [6.07, 6.45) is 0. The molecule has 7 heteroatoms. The maximum Gasteiger partial charge on any atom is 0.339 e. The number of aromatic carboxylic acids is 1. The summed E-state index contributed by atoms with van der Waals surface area (Å²) < 4.78 is 0. The molecule has 1 aromatic rings. The van der Waals surface area contributed by atoms with Gasteiger partial charge in [-0.05, 0) is 12.1 Å². The summed E-state index contributed by atoms with van der Waals surface area (Å²) in [7, 11) is 0. The number of carboxylic acid groups (broad SMARTS) is 1. The van der Waals surface area contributed by atoms with Gasteiger partial charge < -0.3 is 10.2 Å². The molecule has 1 aromatic carbocycles. The number of hydrogen-bond acceptors (Lipinski definition) is 6. The first-order valence-electron chi connectivity index (χ1n) is 3.40. The standard InChI is InChI=1S/C7H6O3.2H4N2/c8-6-4-2-1-3-5(6)7(9)10;2*1-2/h1-4,8H,(H,9,10);2*1-2H2. The van der Waals surface area contributed by atoms with E-state index in [1.807, 2.05) is 0 Å². The van der Waals surface area contributed by atoms with Crippen LogP contribution in [0.4, 0.5) is 0 Å². The normalized spacial score (nSPS) is 7.43. The van der Waals surface area contributed by atoms with Gasteiger partial charge in [-0.3, -0.25) is 23.4 Å². The minimum Gasteiger partial charge on any atom is -0.507 e. The summed E-state index contributed by atoms with van der Waals surface area (Å²) in [4.78, 5) is 10.3. The second-order valence-corrected chi connectivity index (χ2v) is 1.82. The van der Waals surface area contributed by atoms with Crippen LogP contribution in [0.15, 0.2) is 24.3 Å². The van der Waals surface area contributed by atoms with Crippen molar-refractivity contribution in [3.8, 4) is 5.75 Å².